The number of aliphatic hydroxyl groups is 1. The van der Waals surface area contributed by atoms with Crippen molar-refractivity contribution in [2.24, 2.45) is 5.92 Å². The minimum Gasteiger partial charge on any atom is -0.382 e. The van der Waals surface area contributed by atoms with Crippen molar-refractivity contribution >= 4 is 0 Å². The van der Waals surface area contributed by atoms with Crippen molar-refractivity contribution in [1.82, 2.24) is 9.55 Å². The summed E-state index contributed by atoms with van der Waals surface area (Å²) in [5, 5.41) is 10.5. The first-order valence-corrected chi connectivity index (χ1v) is 6.17. The van der Waals surface area contributed by atoms with Crippen molar-refractivity contribution in [3.8, 4) is 0 Å². The Bertz CT molecular complexity index is 416. The van der Waals surface area contributed by atoms with Crippen molar-refractivity contribution in [1.29, 1.82) is 0 Å². The molecule has 18 heavy (non-hydrogen) atoms. The number of nitrogens with zero attached hydrogens (tertiary/aromatic N) is 2. The summed E-state index contributed by atoms with van der Waals surface area (Å²) in [6, 6.07) is 0. The molecule has 1 N–H and O–H groups in total. The van der Waals surface area contributed by atoms with Crippen LogP contribution in [-0.2, 0) is 12.1 Å². The molecular formula is C12H17F3N2O. The van der Waals surface area contributed by atoms with E-state index in [-0.39, 0.29) is 12.8 Å². The molecule has 1 aliphatic carbocycles. The maximum Gasteiger partial charge on any atom is 0.391 e. The minimum absolute atomic E-state index is 0.0959. The van der Waals surface area contributed by atoms with Gasteiger partial charge in [0, 0.05) is 18.9 Å². The van der Waals surface area contributed by atoms with Crippen LogP contribution in [0.3, 0.4) is 0 Å². The van der Waals surface area contributed by atoms with E-state index in [0.29, 0.717) is 25.2 Å². The van der Waals surface area contributed by atoms with Crippen LogP contribution < -0.4 is 0 Å². The van der Waals surface area contributed by atoms with E-state index in [2.05, 4.69) is 4.98 Å². The Morgan fingerprint density at radius 2 is 2.28 bits per heavy atom. The molecule has 3 nitrogen and oxygen atoms in total. The Kier molecular flexibility index (Phi) is 3.40. The number of hydrogen-bond donors (Lipinski definition) is 1. The molecular weight excluding hydrogens is 245 g/mol. The maximum atomic E-state index is 12.8. The third kappa shape index (κ3) is 2.39. The van der Waals surface area contributed by atoms with Gasteiger partial charge in [0.05, 0.1) is 5.92 Å². The van der Waals surface area contributed by atoms with Gasteiger partial charge in [0.15, 0.2) is 0 Å². The molecule has 1 aromatic heterocycles. The van der Waals surface area contributed by atoms with E-state index in [4.69, 9.17) is 0 Å². The van der Waals surface area contributed by atoms with E-state index in [1.807, 2.05) is 6.92 Å². The van der Waals surface area contributed by atoms with Gasteiger partial charge in [-0.25, -0.2) is 4.98 Å². The summed E-state index contributed by atoms with van der Waals surface area (Å²) < 4.78 is 40.0. The summed E-state index contributed by atoms with van der Waals surface area (Å²) in [5.74, 6) is -1.07. The topological polar surface area (TPSA) is 38.0 Å². The highest BCUT2D eigenvalue weighted by atomic mass is 19.4. The van der Waals surface area contributed by atoms with E-state index in [1.165, 1.54) is 6.20 Å². The first-order valence-electron chi connectivity index (χ1n) is 6.17. The van der Waals surface area contributed by atoms with E-state index in [9.17, 15) is 18.3 Å². The molecule has 1 aliphatic rings. The van der Waals surface area contributed by atoms with Crippen molar-refractivity contribution in [2.75, 3.05) is 0 Å². The number of imidazole rings is 1. The SMILES string of the molecule is CCn1ccnc1C1(O)CCCC(C(F)(F)F)C1. The van der Waals surface area contributed by atoms with Gasteiger partial charge < -0.3 is 9.67 Å². The zero-order valence-corrected chi connectivity index (χ0v) is 10.2. The molecule has 0 aliphatic heterocycles. The Hall–Kier alpha value is -1.04. The third-order valence-corrected chi connectivity index (χ3v) is 3.66. The lowest BCUT2D eigenvalue weighted by Gasteiger charge is -2.37. The van der Waals surface area contributed by atoms with Gasteiger partial charge in [0.25, 0.3) is 0 Å². The van der Waals surface area contributed by atoms with E-state index in [0.717, 1.165) is 0 Å². The fourth-order valence-corrected chi connectivity index (χ4v) is 2.71. The van der Waals surface area contributed by atoms with Gasteiger partial charge in [-0.2, -0.15) is 13.2 Å². The largest absolute Gasteiger partial charge is 0.391 e. The van der Waals surface area contributed by atoms with Crippen LogP contribution in [0, 0.1) is 5.92 Å². The highest BCUT2D eigenvalue weighted by Gasteiger charge is 2.48. The fourth-order valence-electron chi connectivity index (χ4n) is 2.71. The first kappa shape index (κ1) is 13.4. The van der Waals surface area contributed by atoms with Crippen LogP contribution in [0.25, 0.3) is 0 Å². The predicted molar refractivity (Wildman–Crippen MR) is 59.8 cm³/mol. The fraction of sp³-hybridized carbons (Fsp3) is 0.750. The lowest BCUT2D eigenvalue weighted by Crippen LogP contribution is -2.40. The molecule has 1 saturated carbocycles. The second-order valence-corrected chi connectivity index (χ2v) is 4.90. The molecule has 6 heteroatoms. The van der Waals surface area contributed by atoms with Gasteiger partial charge in [-0.1, -0.05) is 0 Å². The molecule has 0 aromatic carbocycles. The highest BCUT2D eigenvalue weighted by molar-refractivity contribution is 5.07. The summed E-state index contributed by atoms with van der Waals surface area (Å²) in [5.41, 5.74) is -1.45. The van der Waals surface area contributed by atoms with Crippen molar-refractivity contribution in [3.63, 3.8) is 0 Å². The lowest BCUT2D eigenvalue weighted by molar-refractivity contribution is -0.203. The lowest BCUT2D eigenvalue weighted by atomic mass is 9.77. The van der Waals surface area contributed by atoms with Gasteiger partial charge in [-0.15, -0.1) is 0 Å². The number of alkyl halides is 3. The Morgan fingerprint density at radius 3 is 2.89 bits per heavy atom. The smallest absolute Gasteiger partial charge is 0.382 e. The highest BCUT2D eigenvalue weighted by Crippen LogP contribution is 2.45. The zero-order valence-electron chi connectivity index (χ0n) is 10.2. The summed E-state index contributed by atoms with van der Waals surface area (Å²) in [7, 11) is 0. The second kappa shape index (κ2) is 4.57. The van der Waals surface area contributed by atoms with Crippen LogP contribution in [0.2, 0.25) is 0 Å². The molecule has 1 aromatic rings. The van der Waals surface area contributed by atoms with Crippen molar-refractivity contribution in [3.05, 3.63) is 18.2 Å². The first-order chi connectivity index (χ1) is 8.37. The zero-order chi connectivity index (χ0) is 13.4. The summed E-state index contributed by atoms with van der Waals surface area (Å²) in [4.78, 5) is 4.04. The summed E-state index contributed by atoms with van der Waals surface area (Å²) >= 11 is 0. The van der Waals surface area contributed by atoms with E-state index in [1.54, 1.807) is 10.8 Å². The Morgan fingerprint density at radius 1 is 1.56 bits per heavy atom. The number of rotatable bonds is 2. The molecule has 0 bridgehead atoms. The second-order valence-electron chi connectivity index (χ2n) is 4.90. The molecule has 102 valence electrons. The molecule has 0 amide bonds. The van der Waals surface area contributed by atoms with Crippen LogP contribution in [0.5, 0.6) is 0 Å². The molecule has 0 radical (unpaired) electrons. The maximum absolute atomic E-state index is 12.8. The van der Waals surface area contributed by atoms with Crippen LogP contribution in [0.4, 0.5) is 13.2 Å². The summed E-state index contributed by atoms with van der Waals surface area (Å²) in [6.45, 7) is 2.47. The molecule has 2 unspecified atom stereocenters. The number of hydrogen-bond acceptors (Lipinski definition) is 2. The van der Waals surface area contributed by atoms with Crippen LogP contribution in [-0.4, -0.2) is 20.8 Å². The average Bonchev–Trinajstić information content (AvgIpc) is 2.76. The minimum atomic E-state index is -4.24. The van der Waals surface area contributed by atoms with Crippen LogP contribution in [0.1, 0.15) is 38.4 Å². The van der Waals surface area contributed by atoms with Crippen molar-refractivity contribution < 1.29 is 18.3 Å². The van der Waals surface area contributed by atoms with E-state index >= 15 is 0 Å². The molecule has 1 heterocycles. The average molecular weight is 262 g/mol. The predicted octanol–water partition coefficient (Wildman–Crippen LogP) is 2.84. The quantitative estimate of drug-likeness (QED) is 0.890. The van der Waals surface area contributed by atoms with Gasteiger partial charge in [0.1, 0.15) is 11.4 Å². The molecule has 0 spiro atoms. The van der Waals surface area contributed by atoms with E-state index < -0.39 is 17.7 Å². The molecule has 2 atom stereocenters. The van der Waals surface area contributed by atoms with Gasteiger partial charge in [-0.3, -0.25) is 0 Å². The number of halogens is 3. The monoisotopic (exact) mass is 262 g/mol. The van der Waals surface area contributed by atoms with Gasteiger partial charge >= 0.3 is 6.18 Å². The Labute approximate surface area is 104 Å². The standard InChI is InChI=1S/C12H17F3N2O/c1-2-17-7-6-16-10(17)11(18)5-3-4-9(8-11)12(13,14)15/h6-7,9,18H,2-5,8H2,1H3. The third-order valence-electron chi connectivity index (χ3n) is 3.66. The molecule has 1 fully saturated rings. The van der Waals surface area contributed by atoms with Gasteiger partial charge in [0.2, 0.25) is 0 Å². The molecule has 0 saturated heterocycles. The van der Waals surface area contributed by atoms with Crippen LogP contribution >= 0.6 is 0 Å². The van der Waals surface area contributed by atoms with Crippen molar-refractivity contribution in [2.45, 2.75) is 50.9 Å². The normalized spacial score (nSPS) is 29.5. The number of aryl methyl sites for hydroxylation is 1. The Balaban J connectivity index is 2.26. The van der Waals surface area contributed by atoms with Gasteiger partial charge in [-0.05, 0) is 32.6 Å². The number of aromatic nitrogens is 2. The molecule has 2 rings (SSSR count). The summed E-state index contributed by atoms with van der Waals surface area (Å²) in [6.07, 6.45) is -0.503. The van der Waals surface area contributed by atoms with Crippen LogP contribution in [0.15, 0.2) is 12.4 Å².